The van der Waals surface area contributed by atoms with Gasteiger partial charge in [0.25, 0.3) is 5.91 Å². The minimum atomic E-state index is -0.163. The highest BCUT2D eigenvalue weighted by atomic mass is 16.5. The fraction of sp³-hybridized carbons (Fsp3) is 0.348. The fourth-order valence-corrected chi connectivity index (χ4v) is 3.90. The quantitative estimate of drug-likeness (QED) is 0.656. The van der Waals surface area contributed by atoms with Crippen LogP contribution in [0.15, 0.2) is 48.9 Å². The molecule has 1 aliphatic rings. The van der Waals surface area contributed by atoms with Gasteiger partial charge >= 0.3 is 0 Å². The average molecular weight is 406 g/mol. The van der Waals surface area contributed by atoms with Crippen LogP contribution < -0.4 is 11.1 Å². The average Bonchev–Trinajstić information content (AvgIpc) is 3.36. The van der Waals surface area contributed by atoms with E-state index in [1.807, 2.05) is 25.4 Å². The van der Waals surface area contributed by atoms with Crippen LogP contribution in [0.3, 0.4) is 0 Å². The molecule has 0 radical (unpaired) electrons. The van der Waals surface area contributed by atoms with Crippen molar-refractivity contribution in [2.24, 2.45) is 7.05 Å². The molecule has 1 fully saturated rings. The molecule has 0 bridgehead atoms. The lowest BCUT2D eigenvalue weighted by Gasteiger charge is -2.22. The molecule has 1 saturated carbocycles. The van der Waals surface area contributed by atoms with E-state index in [4.69, 9.17) is 10.5 Å². The van der Waals surface area contributed by atoms with Crippen molar-refractivity contribution >= 4 is 11.7 Å². The molecule has 2 atom stereocenters. The summed E-state index contributed by atoms with van der Waals surface area (Å²) in [7, 11) is 1.83. The lowest BCUT2D eigenvalue weighted by atomic mass is 10.1. The van der Waals surface area contributed by atoms with Gasteiger partial charge in [0.2, 0.25) is 0 Å². The third-order valence-corrected chi connectivity index (χ3v) is 5.68. The number of carbonyl (C=O) groups is 1. The van der Waals surface area contributed by atoms with E-state index in [2.05, 4.69) is 34.5 Å². The summed E-state index contributed by atoms with van der Waals surface area (Å²) in [5.41, 5.74) is 10.4. The summed E-state index contributed by atoms with van der Waals surface area (Å²) < 4.78 is 7.86. The van der Waals surface area contributed by atoms with Gasteiger partial charge in [-0.2, -0.15) is 5.10 Å². The van der Waals surface area contributed by atoms with Crippen molar-refractivity contribution < 1.29 is 9.53 Å². The summed E-state index contributed by atoms with van der Waals surface area (Å²) in [5, 5.41) is 7.30. The third-order valence-electron chi connectivity index (χ3n) is 5.68. The molecule has 1 aromatic carbocycles. The molecule has 0 aliphatic heterocycles. The van der Waals surface area contributed by atoms with Crippen molar-refractivity contribution in [3.63, 3.8) is 0 Å². The molecule has 3 N–H and O–H groups in total. The molecule has 0 saturated heterocycles. The largest absolute Gasteiger partial charge is 0.383 e. The summed E-state index contributed by atoms with van der Waals surface area (Å²) in [5.74, 6) is 0.212. The second-order valence-corrected chi connectivity index (χ2v) is 7.85. The van der Waals surface area contributed by atoms with E-state index in [0.717, 1.165) is 24.8 Å². The van der Waals surface area contributed by atoms with Crippen LogP contribution >= 0.6 is 0 Å². The Morgan fingerprint density at radius 2 is 2.13 bits per heavy atom. The molecular formula is C23H27N5O2. The first-order valence-electron chi connectivity index (χ1n) is 10.2. The Balaban J connectivity index is 1.43. The number of rotatable bonds is 6. The fourth-order valence-electron chi connectivity index (χ4n) is 3.90. The number of ether oxygens (including phenoxy) is 1. The van der Waals surface area contributed by atoms with Gasteiger partial charge in [-0.15, -0.1) is 0 Å². The maximum absolute atomic E-state index is 12.9. The first-order valence-corrected chi connectivity index (χ1v) is 10.2. The summed E-state index contributed by atoms with van der Waals surface area (Å²) in [6, 6.07) is 9.97. The Bertz CT molecular complexity index is 1050. The van der Waals surface area contributed by atoms with Gasteiger partial charge in [-0.3, -0.25) is 9.48 Å². The zero-order valence-electron chi connectivity index (χ0n) is 17.3. The second-order valence-electron chi connectivity index (χ2n) is 7.85. The number of hydrogen-bond acceptors (Lipinski definition) is 5. The number of carbonyl (C=O) groups excluding carboxylic acids is 1. The molecule has 156 valence electrons. The zero-order chi connectivity index (χ0) is 21.1. The number of anilines is 1. The van der Waals surface area contributed by atoms with Gasteiger partial charge in [-0.25, -0.2) is 4.98 Å². The van der Waals surface area contributed by atoms with Crippen LogP contribution in [-0.4, -0.2) is 32.8 Å². The number of hydrogen-bond donors (Lipinski definition) is 2. The second kappa shape index (κ2) is 8.67. The molecule has 7 heteroatoms. The number of aryl methyl sites for hydroxylation is 2. The highest BCUT2D eigenvalue weighted by Crippen LogP contribution is 2.26. The van der Waals surface area contributed by atoms with E-state index in [-0.39, 0.29) is 18.1 Å². The number of nitrogens with zero attached hydrogens (tertiary/aromatic N) is 3. The van der Waals surface area contributed by atoms with Gasteiger partial charge in [0.15, 0.2) is 0 Å². The predicted octanol–water partition coefficient (Wildman–Crippen LogP) is 3.24. The lowest BCUT2D eigenvalue weighted by Crippen LogP contribution is -2.41. The number of nitrogens with two attached hydrogens (primary N) is 1. The molecule has 1 aliphatic carbocycles. The van der Waals surface area contributed by atoms with Crippen LogP contribution in [0, 0.1) is 6.92 Å². The SMILES string of the molecule is Cc1ccccc1CO[C@H]1CCC[C@@H]1NC(=O)c1cnc(N)c(-c2cnn(C)c2)c1. The smallest absolute Gasteiger partial charge is 0.253 e. The number of benzene rings is 1. The maximum atomic E-state index is 12.9. The van der Waals surface area contributed by atoms with Crippen LogP contribution in [-0.2, 0) is 18.4 Å². The van der Waals surface area contributed by atoms with E-state index < -0.39 is 0 Å². The van der Waals surface area contributed by atoms with Crippen LogP contribution in [0.5, 0.6) is 0 Å². The van der Waals surface area contributed by atoms with E-state index >= 15 is 0 Å². The van der Waals surface area contributed by atoms with Gasteiger partial charge < -0.3 is 15.8 Å². The van der Waals surface area contributed by atoms with Crippen molar-refractivity contribution in [3.8, 4) is 11.1 Å². The van der Waals surface area contributed by atoms with Crippen molar-refractivity contribution in [1.29, 1.82) is 0 Å². The minimum Gasteiger partial charge on any atom is -0.383 e. The number of amides is 1. The molecule has 3 aromatic rings. The lowest BCUT2D eigenvalue weighted by molar-refractivity contribution is 0.0269. The topological polar surface area (TPSA) is 95.1 Å². The van der Waals surface area contributed by atoms with Crippen molar-refractivity contribution in [1.82, 2.24) is 20.1 Å². The zero-order valence-corrected chi connectivity index (χ0v) is 17.3. The molecule has 0 unspecified atom stereocenters. The van der Waals surface area contributed by atoms with Crippen molar-refractivity contribution in [2.45, 2.75) is 44.9 Å². The van der Waals surface area contributed by atoms with Gasteiger partial charge in [0.05, 0.1) is 30.5 Å². The van der Waals surface area contributed by atoms with Gasteiger partial charge in [0.1, 0.15) is 5.82 Å². The Kier molecular flexibility index (Phi) is 5.81. The highest BCUT2D eigenvalue weighted by molar-refractivity contribution is 5.96. The van der Waals surface area contributed by atoms with Crippen LogP contribution in [0.1, 0.15) is 40.7 Å². The van der Waals surface area contributed by atoms with Gasteiger partial charge in [-0.1, -0.05) is 24.3 Å². The molecule has 30 heavy (non-hydrogen) atoms. The third kappa shape index (κ3) is 4.36. The number of nitrogens with one attached hydrogen (secondary N) is 1. The van der Waals surface area contributed by atoms with E-state index in [9.17, 15) is 4.79 Å². The maximum Gasteiger partial charge on any atom is 0.253 e. The van der Waals surface area contributed by atoms with Crippen molar-refractivity contribution in [2.75, 3.05) is 5.73 Å². The number of nitrogen functional groups attached to an aromatic ring is 1. The van der Waals surface area contributed by atoms with Crippen LogP contribution in [0.25, 0.3) is 11.1 Å². The Labute approximate surface area is 176 Å². The van der Waals surface area contributed by atoms with E-state index in [0.29, 0.717) is 23.6 Å². The van der Waals surface area contributed by atoms with Crippen LogP contribution in [0.2, 0.25) is 0 Å². The molecule has 2 heterocycles. The first-order chi connectivity index (χ1) is 14.5. The Morgan fingerprint density at radius 3 is 2.90 bits per heavy atom. The molecule has 4 rings (SSSR count). The van der Waals surface area contributed by atoms with E-state index in [1.165, 1.54) is 17.3 Å². The summed E-state index contributed by atoms with van der Waals surface area (Å²) in [4.78, 5) is 17.1. The molecular weight excluding hydrogens is 378 g/mol. The molecule has 0 spiro atoms. The molecule has 2 aromatic heterocycles. The monoisotopic (exact) mass is 405 g/mol. The normalized spacial score (nSPS) is 18.5. The Morgan fingerprint density at radius 1 is 1.30 bits per heavy atom. The predicted molar refractivity (Wildman–Crippen MR) is 116 cm³/mol. The molecule has 7 nitrogen and oxygen atoms in total. The first kappa shape index (κ1) is 20.1. The molecule has 1 amide bonds. The standard InChI is InChI=1S/C23H27N5O2/c1-15-6-3-4-7-16(15)14-30-21-9-5-8-20(21)27-23(29)17-10-19(22(24)25-11-17)18-12-26-28(2)13-18/h3-4,6-7,10-13,20-21H,5,8-9,14H2,1-2H3,(H2,24,25)(H,27,29)/t20-,21-/m0/s1. The summed E-state index contributed by atoms with van der Waals surface area (Å²) >= 11 is 0. The van der Waals surface area contributed by atoms with Gasteiger partial charge in [0, 0.05) is 30.6 Å². The van der Waals surface area contributed by atoms with E-state index in [1.54, 1.807) is 16.9 Å². The Hall–Kier alpha value is -3.19. The number of pyridine rings is 1. The number of aromatic nitrogens is 3. The van der Waals surface area contributed by atoms with Gasteiger partial charge in [-0.05, 0) is 43.4 Å². The van der Waals surface area contributed by atoms with Crippen LogP contribution in [0.4, 0.5) is 5.82 Å². The summed E-state index contributed by atoms with van der Waals surface area (Å²) in [6.07, 6.45) is 7.96. The highest BCUT2D eigenvalue weighted by Gasteiger charge is 2.30. The summed E-state index contributed by atoms with van der Waals surface area (Å²) in [6.45, 7) is 2.64. The van der Waals surface area contributed by atoms with Crippen molar-refractivity contribution in [3.05, 3.63) is 65.6 Å². The minimum absolute atomic E-state index is 0.00749.